The predicted octanol–water partition coefficient (Wildman–Crippen LogP) is 1.11. The van der Waals surface area contributed by atoms with Gasteiger partial charge in [0.15, 0.2) is 0 Å². The van der Waals surface area contributed by atoms with Gasteiger partial charge >= 0.3 is 17.3 Å². The highest BCUT2D eigenvalue weighted by atomic mass is 16.4. The zero-order valence-electron chi connectivity index (χ0n) is 15.7. The van der Waals surface area contributed by atoms with E-state index in [4.69, 9.17) is 5.11 Å². The molecular formula is C20H20N4O5. The van der Waals surface area contributed by atoms with Crippen molar-refractivity contribution in [2.75, 3.05) is 0 Å². The summed E-state index contributed by atoms with van der Waals surface area (Å²) >= 11 is 0. The second-order valence-corrected chi connectivity index (χ2v) is 6.53. The first kappa shape index (κ1) is 19.9. The number of aliphatic carboxylic acids is 1. The molecule has 2 aromatic carbocycles. The monoisotopic (exact) mass is 396 g/mol. The fourth-order valence-corrected chi connectivity index (χ4v) is 2.71. The van der Waals surface area contributed by atoms with Crippen LogP contribution in [0.5, 0.6) is 5.75 Å². The molecule has 3 aromatic rings. The van der Waals surface area contributed by atoms with Gasteiger partial charge in [0.1, 0.15) is 5.75 Å². The molecule has 9 nitrogen and oxygen atoms in total. The van der Waals surface area contributed by atoms with Gasteiger partial charge in [-0.15, -0.1) is 0 Å². The van der Waals surface area contributed by atoms with Gasteiger partial charge in [0.05, 0.1) is 18.7 Å². The Labute approximate surface area is 164 Å². The van der Waals surface area contributed by atoms with Crippen LogP contribution in [0.15, 0.2) is 63.1 Å². The van der Waals surface area contributed by atoms with Crippen LogP contribution in [0.1, 0.15) is 17.5 Å². The van der Waals surface area contributed by atoms with Gasteiger partial charge < -0.3 is 10.2 Å². The summed E-state index contributed by atoms with van der Waals surface area (Å²) in [4.78, 5) is 43.1. The molecule has 0 aliphatic rings. The topological polar surface area (TPSA) is 130 Å². The number of aromatic amines is 1. The molecule has 3 rings (SSSR count). The lowest BCUT2D eigenvalue weighted by molar-refractivity contribution is -0.137. The number of nitrogens with one attached hydrogen (secondary N) is 1. The van der Waals surface area contributed by atoms with Crippen molar-refractivity contribution in [3.05, 3.63) is 86.2 Å². The number of carboxylic acid groups (broad SMARTS) is 1. The molecule has 150 valence electrons. The van der Waals surface area contributed by atoms with E-state index in [1.165, 1.54) is 16.7 Å². The first-order valence-electron chi connectivity index (χ1n) is 8.88. The Morgan fingerprint density at radius 2 is 1.69 bits per heavy atom. The van der Waals surface area contributed by atoms with E-state index in [0.29, 0.717) is 5.69 Å². The van der Waals surface area contributed by atoms with Crippen LogP contribution >= 0.6 is 0 Å². The van der Waals surface area contributed by atoms with Crippen LogP contribution in [0.2, 0.25) is 0 Å². The van der Waals surface area contributed by atoms with Crippen LogP contribution in [-0.4, -0.2) is 30.3 Å². The minimum absolute atomic E-state index is 0.0258. The number of aromatic hydroxyl groups is 1. The van der Waals surface area contributed by atoms with E-state index in [0.717, 1.165) is 15.7 Å². The number of carbonyl (C=O) groups is 1. The van der Waals surface area contributed by atoms with Crippen LogP contribution in [0.25, 0.3) is 0 Å². The van der Waals surface area contributed by atoms with Crippen molar-refractivity contribution in [2.45, 2.75) is 26.4 Å². The number of carboxylic acids is 1. The number of aromatic nitrogens is 3. The molecule has 0 atom stereocenters. The molecule has 0 amide bonds. The maximum absolute atomic E-state index is 13.0. The first-order valence-corrected chi connectivity index (χ1v) is 8.88. The number of phenols is 1. The zero-order valence-corrected chi connectivity index (χ0v) is 15.7. The van der Waals surface area contributed by atoms with Crippen LogP contribution < -0.4 is 17.0 Å². The maximum Gasteiger partial charge on any atom is 0.335 e. The van der Waals surface area contributed by atoms with Gasteiger partial charge in [-0.2, -0.15) is 0 Å². The Morgan fingerprint density at radius 3 is 2.31 bits per heavy atom. The highest BCUT2D eigenvalue weighted by Crippen LogP contribution is 2.15. The fourth-order valence-electron chi connectivity index (χ4n) is 2.71. The third-order valence-electron chi connectivity index (χ3n) is 4.28. The molecule has 0 bridgehead atoms. The Morgan fingerprint density at radius 1 is 1.03 bits per heavy atom. The quantitative estimate of drug-likeness (QED) is 0.575. The molecular weight excluding hydrogens is 376 g/mol. The summed E-state index contributed by atoms with van der Waals surface area (Å²) in [6.07, 6.45) is -0.359. The summed E-state index contributed by atoms with van der Waals surface area (Å²) in [5.74, 6) is -1.05. The summed E-state index contributed by atoms with van der Waals surface area (Å²) in [6.45, 7) is 1.83. The molecule has 0 aliphatic heterocycles. The number of nitrogens with zero attached hydrogens (tertiary/aromatic N) is 3. The van der Waals surface area contributed by atoms with Crippen LogP contribution in [0, 0.1) is 6.92 Å². The number of rotatable bonds is 6. The molecule has 1 aromatic heterocycles. The minimum Gasteiger partial charge on any atom is -0.508 e. The summed E-state index contributed by atoms with van der Waals surface area (Å²) in [5.41, 5.74) is 0.934. The second kappa shape index (κ2) is 8.42. The lowest BCUT2D eigenvalue weighted by Crippen LogP contribution is -2.50. The lowest BCUT2D eigenvalue weighted by Gasteiger charge is -2.11. The average Bonchev–Trinajstić information content (AvgIpc) is 2.67. The van der Waals surface area contributed by atoms with E-state index in [-0.39, 0.29) is 30.9 Å². The predicted molar refractivity (Wildman–Crippen MR) is 105 cm³/mol. The number of H-pyrrole nitrogens is 1. The van der Waals surface area contributed by atoms with Gasteiger partial charge in [-0.25, -0.2) is 19.1 Å². The first-order chi connectivity index (χ1) is 13.8. The molecule has 9 heteroatoms. The summed E-state index contributed by atoms with van der Waals surface area (Å²) in [7, 11) is 0. The van der Waals surface area contributed by atoms with E-state index < -0.39 is 17.3 Å². The van der Waals surface area contributed by atoms with Crippen molar-refractivity contribution < 1.29 is 15.0 Å². The smallest absolute Gasteiger partial charge is 0.335 e. The molecule has 0 aliphatic carbocycles. The van der Waals surface area contributed by atoms with E-state index in [1.807, 2.05) is 31.2 Å². The SMILES string of the molecule is Cc1ccc(Cn2c(=O)n(CCC(=O)O)c(=O)[nH]/c2=N\c2ccc(O)cc2)cc1. The Kier molecular flexibility index (Phi) is 5.77. The van der Waals surface area contributed by atoms with Gasteiger partial charge in [0, 0.05) is 6.54 Å². The molecule has 3 N–H and O–H groups in total. The molecule has 0 saturated heterocycles. The number of hydrogen-bond donors (Lipinski definition) is 3. The van der Waals surface area contributed by atoms with Crippen molar-refractivity contribution in [2.24, 2.45) is 4.99 Å². The van der Waals surface area contributed by atoms with Gasteiger partial charge in [-0.3, -0.25) is 14.3 Å². The molecule has 0 radical (unpaired) electrons. The Hall–Kier alpha value is -3.88. The van der Waals surface area contributed by atoms with Crippen molar-refractivity contribution in [1.29, 1.82) is 0 Å². The Bertz CT molecular complexity index is 1200. The summed E-state index contributed by atoms with van der Waals surface area (Å²) in [6, 6.07) is 13.5. The lowest BCUT2D eigenvalue weighted by atomic mass is 10.1. The van der Waals surface area contributed by atoms with Crippen LogP contribution in [0.4, 0.5) is 5.69 Å². The Balaban J connectivity index is 2.16. The summed E-state index contributed by atoms with van der Waals surface area (Å²) in [5, 5.41) is 18.3. The highest BCUT2D eigenvalue weighted by molar-refractivity contribution is 5.66. The third-order valence-corrected chi connectivity index (χ3v) is 4.28. The van der Waals surface area contributed by atoms with Crippen LogP contribution in [-0.2, 0) is 17.9 Å². The van der Waals surface area contributed by atoms with Gasteiger partial charge in [-0.05, 0) is 36.8 Å². The number of aryl methyl sites for hydroxylation is 1. The molecule has 29 heavy (non-hydrogen) atoms. The standard InChI is InChI=1S/C20H20N4O5/c1-13-2-4-14(5-3-13)12-24-18(21-15-6-8-16(25)9-7-15)22-19(28)23(20(24)29)11-10-17(26)27/h2-9,25H,10-12H2,1H3,(H,26,27)(H,21,22,28). The average molecular weight is 396 g/mol. The van der Waals surface area contributed by atoms with E-state index in [2.05, 4.69) is 9.98 Å². The normalized spacial score (nSPS) is 11.6. The van der Waals surface area contributed by atoms with Gasteiger partial charge in [-0.1, -0.05) is 29.8 Å². The molecule has 0 saturated carbocycles. The molecule has 0 unspecified atom stereocenters. The molecule has 0 spiro atoms. The van der Waals surface area contributed by atoms with Crippen molar-refractivity contribution in [3.8, 4) is 5.75 Å². The number of benzene rings is 2. The van der Waals surface area contributed by atoms with Crippen molar-refractivity contribution in [1.82, 2.24) is 14.1 Å². The van der Waals surface area contributed by atoms with Crippen molar-refractivity contribution in [3.63, 3.8) is 0 Å². The summed E-state index contributed by atoms with van der Waals surface area (Å²) < 4.78 is 2.12. The minimum atomic E-state index is -1.11. The van der Waals surface area contributed by atoms with Gasteiger partial charge in [0.2, 0.25) is 5.62 Å². The van der Waals surface area contributed by atoms with Gasteiger partial charge in [0.25, 0.3) is 0 Å². The second-order valence-electron chi connectivity index (χ2n) is 6.53. The van der Waals surface area contributed by atoms with E-state index in [9.17, 15) is 19.5 Å². The van der Waals surface area contributed by atoms with Crippen molar-refractivity contribution >= 4 is 11.7 Å². The molecule has 1 heterocycles. The fraction of sp³-hybridized carbons (Fsp3) is 0.200. The van der Waals surface area contributed by atoms with E-state index >= 15 is 0 Å². The highest BCUT2D eigenvalue weighted by Gasteiger charge is 2.11. The molecule has 0 fully saturated rings. The van der Waals surface area contributed by atoms with E-state index in [1.54, 1.807) is 12.1 Å². The third kappa shape index (κ3) is 4.89. The number of hydrogen-bond acceptors (Lipinski definition) is 5. The number of phenolic OH excluding ortho intramolecular Hbond substituents is 1. The largest absolute Gasteiger partial charge is 0.508 e. The van der Waals surface area contributed by atoms with Crippen LogP contribution in [0.3, 0.4) is 0 Å². The zero-order chi connectivity index (χ0) is 21.0. The maximum atomic E-state index is 13.0.